The highest BCUT2D eigenvalue weighted by atomic mass is 35.5. The van der Waals surface area contributed by atoms with Crippen LogP contribution in [0.1, 0.15) is 30.7 Å². The Balaban J connectivity index is 2.08. The highest BCUT2D eigenvalue weighted by Gasteiger charge is 2.23. The van der Waals surface area contributed by atoms with Crippen LogP contribution < -0.4 is 0 Å². The highest BCUT2D eigenvalue weighted by Crippen LogP contribution is 2.27. The summed E-state index contributed by atoms with van der Waals surface area (Å²) in [6, 6.07) is 9.41. The zero-order valence-electron chi connectivity index (χ0n) is 10.1. The number of hydrogen-bond acceptors (Lipinski definition) is 2. The fourth-order valence-electron chi connectivity index (χ4n) is 2.25. The first-order chi connectivity index (χ1) is 8.72. The molecule has 1 aromatic rings. The third kappa shape index (κ3) is 2.83. The van der Waals surface area contributed by atoms with E-state index >= 15 is 0 Å². The van der Waals surface area contributed by atoms with Gasteiger partial charge in [0, 0.05) is 24.5 Å². The number of likely N-dealkylation sites (tertiary alicyclic amines) is 1. The van der Waals surface area contributed by atoms with E-state index in [-0.39, 0.29) is 12.3 Å². The van der Waals surface area contributed by atoms with E-state index in [1.54, 1.807) is 6.07 Å². The Morgan fingerprint density at radius 2 is 2.06 bits per heavy atom. The second-order valence-electron chi connectivity index (χ2n) is 4.50. The number of carbonyl (C=O) groups is 1. The average Bonchev–Trinajstić information content (AvgIpc) is 2.90. The van der Waals surface area contributed by atoms with Gasteiger partial charge < -0.3 is 4.90 Å². The molecule has 1 saturated heterocycles. The van der Waals surface area contributed by atoms with Gasteiger partial charge in [-0.05, 0) is 24.5 Å². The van der Waals surface area contributed by atoms with Gasteiger partial charge in [-0.15, -0.1) is 0 Å². The predicted octanol–water partition coefficient (Wildman–Crippen LogP) is 2.96. The third-order valence-electron chi connectivity index (χ3n) is 3.27. The lowest BCUT2D eigenvalue weighted by Gasteiger charge is -2.17. The van der Waals surface area contributed by atoms with E-state index in [2.05, 4.69) is 6.07 Å². The minimum Gasteiger partial charge on any atom is -0.343 e. The van der Waals surface area contributed by atoms with Crippen molar-refractivity contribution in [2.45, 2.75) is 25.2 Å². The van der Waals surface area contributed by atoms with Gasteiger partial charge in [0.15, 0.2) is 0 Å². The number of amides is 1. The summed E-state index contributed by atoms with van der Waals surface area (Å²) < 4.78 is 0. The Bertz CT molecular complexity index is 475. The molecule has 94 valence electrons. The molecule has 1 atom stereocenters. The molecule has 18 heavy (non-hydrogen) atoms. The van der Waals surface area contributed by atoms with Gasteiger partial charge in [0.05, 0.1) is 12.0 Å². The summed E-state index contributed by atoms with van der Waals surface area (Å²) in [6.45, 7) is 1.64. The number of nitriles is 1. The van der Waals surface area contributed by atoms with E-state index in [1.807, 2.05) is 23.1 Å². The maximum atomic E-state index is 12.0. The number of rotatable bonds is 3. The first-order valence-corrected chi connectivity index (χ1v) is 6.52. The van der Waals surface area contributed by atoms with Crippen LogP contribution >= 0.6 is 11.6 Å². The smallest absolute Gasteiger partial charge is 0.224 e. The standard InChI is InChI=1S/C14H15ClN2O/c15-13-6-2-1-5-12(13)11(10-16)9-14(18)17-7-3-4-8-17/h1-2,5-6,11H,3-4,7-9H2. The Morgan fingerprint density at radius 1 is 1.39 bits per heavy atom. The van der Waals surface area contributed by atoms with Crippen molar-refractivity contribution in [2.24, 2.45) is 0 Å². The zero-order chi connectivity index (χ0) is 13.0. The SMILES string of the molecule is N#CC(CC(=O)N1CCCC1)c1ccccc1Cl. The van der Waals surface area contributed by atoms with E-state index < -0.39 is 5.92 Å². The molecular formula is C14H15ClN2O. The molecule has 1 heterocycles. The topological polar surface area (TPSA) is 44.1 Å². The molecular weight excluding hydrogens is 248 g/mol. The molecule has 2 rings (SSSR count). The van der Waals surface area contributed by atoms with Crippen LogP contribution in [0.5, 0.6) is 0 Å². The maximum Gasteiger partial charge on any atom is 0.224 e. The van der Waals surface area contributed by atoms with Crippen molar-refractivity contribution in [3.8, 4) is 6.07 Å². The summed E-state index contributed by atoms with van der Waals surface area (Å²) in [5, 5.41) is 9.77. The van der Waals surface area contributed by atoms with Gasteiger partial charge in [-0.25, -0.2) is 0 Å². The number of carbonyl (C=O) groups excluding carboxylic acids is 1. The molecule has 1 amide bonds. The van der Waals surface area contributed by atoms with Crippen molar-refractivity contribution in [1.29, 1.82) is 5.26 Å². The molecule has 1 aliphatic rings. The zero-order valence-corrected chi connectivity index (χ0v) is 10.9. The van der Waals surface area contributed by atoms with Gasteiger partial charge in [-0.2, -0.15) is 5.26 Å². The van der Waals surface area contributed by atoms with Crippen molar-refractivity contribution in [1.82, 2.24) is 4.90 Å². The van der Waals surface area contributed by atoms with Crippen molar-refractivity contribution in [2.75, 3.05) is 13.1 Å². The lowest BCUT2D eigenvalue weighted by Crippen LogP contribution is -2.28. The van der Waals surface area contributed by atoms with E-state index in [4.69, 9.17) is 11.6 Å². The molecule has 0 saturated carbocycles. The highest BCUT2D eigenvalue weighted by molar-refractivity contribution is 6.31. The molecule has 0 spiro atoms. The Labute approximate surface area is 112 Å². The summed E-state index contributed by atoms with van der Waals surface area (Å²) >= 11 is 6.06. The Morgan fingerprint density at radius 3 is 2.67 bits per heavy atom. The van der Waals surface area contributed by atoms with Gasteiger partial charge in [-0.1, -0.05) is 29.8 Å². The second kappa shape index (κ2) is 5.88. The van der Waals surface area contributed by atoms with E-state index in [0.717, 1.165) is 31.5 Å². The van der Waals surface area contributed by atoms with Crippen LogP contribution in [0.2, 0.25) is 5.02 Å². The fraction of sp³-hybridized carbons (Fsp3) is 0.429. The molecule has 0 aliphatic carbocycles. The maximum absolute atomic E-state index is 12.0. The normalized spacial score (nSPS) is 16.3. The minimum absolute atomic E-state index is 0.0546. The first-order valence-electron chi connectivity index (χ1n) is 6.14. The number of hydrogen-bond donors (Lipinski definition) is 0. The number of nitrogens with zero attached hydrogens (tertiary/aromatic N) is 2. The summed E-state index contributed by atoms with van der Waals surface area (Å²) in [5.74, 6) is -0.397. The summed E-state index contributed by atoms with van der Waals surface area (Å²) in [5.41, 5.74) is 0.745. The van der Waals surface area contributed by atoms with E-state index in [0.29, 0.717) is 5.02 Å². The molecule has 1 unspecified atom stereocenters. The van der Waals surface area contributed by atoms with Crippen LogP contribution in [-0.4, -0.2) is 23.9 Å². The lowest BCUT2D eigenvalue weighted by molar-refractivity contribution is -0.130. The quantitative estimate of drug-likeness (QED) is 0.841. The first kappa shape index (κ1) is 12.9. The molecule has 1 fully saturated rings. The van der Waals surface area contributed by atoms with Gasteiger partial charge >= 0.3 is 0 Å². The Hall–Kier alpha value is -1.53. The molecule has 1 aliphatic heterocycles. The number of benzene rings is 1. The van der Waals surface area contributed by atoms with Gasteiger partial charge in [0.1, 0.15) is 0 Å². The van der Waals surface area contributed by atoms with Crippen molar-refractivity contribution < 1.29 is 4.79 Å². The molecule has 0 bridgehead atoms. The lowest BCUT2D eigenvalue weighted by atomic mass is 9.96. The molecule has 0 aromatic heterocycles. The van der Waals surface area contributed by atoms with Crippen molar-refractivity contribution in [3.05, 3.63) is 34.9 Å². The summed E-state index contributed by atoms with van der Waals surface area (Å²) in [6.07, 6.45) is 2.35. The van der Waals surface area contributed by atoms with E-state index in [1.165, 1.54) is 0 Å². The Kier molecular flexibility index (Phi) is 4.22. The predicted molar refractivity (Wildman–Crippen MR) is 70.2 cm³/mol. The van der Waals surface area contributed by atoms with Crippen molar-refractivity contribution >= 4 is 17.5 Å². The molecule has 3 nitrogen and oxygen atoms in total. The summed E-state index contributed by atoms with van der Waals surface area (Å²) in [7, 11) is 0. The van der Waals surface area contributed by atoms with Gasteiger partial charge in [0.2, 0.25) is 5.91 Å². The fourth-order valence-corrected chi connectivity index (χ4v) is 2.52. The van der Waals surface area contributed by atoms with Crippen LogP contribution in [0, 0.1) is 11.3 Å². The summed E-state index contributed by atoms with van der Waals surface area (Å²) in [4.78, 5) is 13.9. The molecule has 0 radical (unpaired) electrons. The van der Waals surface area contributed by atoms with Crippen LogP contribution in [0.3, 0.4) is 0 Å². The van der Waals surface area contributed by atoms with Crippen LogP contribution in [0.15, 0.2) is 24.3 Å². The van der Waals surface area contributed by atoms with Crippen LogP contribution in [0.25, 0.3) is 0 Å². The minimum atomic E-state index is -0.452. The average molecular weight is 263 g/mol. The molecule has 1 aromatic carbocycles. The largest absolute Gasteiger partial charge is 0.343 e. The van der Waals surface area contributed by atoms with Crippen molar-refractivity contribution in [3.63, 3.8) is 0 Å². The third-order valence-corrected chi connectivity index (χ3v) is 3.62. The van der Waals surface area contributed by atoms with Crippen LogP contribution in [0.4, 0.5) is 0 Å². The van der Waals surface area contributed by atoms with Crippen LogP contribution in [-0.2, 0) is 4.79 Å². The van der Waals surface area contributed by atoms with Gasteiger partial charge in [0.25, 0.3) is 0 Å². The monoisotopic (exact) mass is 262 g/mol. The van der Waals surface area contributed by atoms with E-state index in [9.17, 15) is 10.1 Å². The van der Waals surface area contributed by atoms with Gasteiger partial charge in [-0.3, -0.25) is 4.79 Å². The molecule has 4 heteroatoms. The molecule has 0 N–H and O–H groups in total. The second-order valence-corrected chi connectivity index (χ2v) is 4.90. The number of halogens is 1.